The molecule has 0 amide bonds. The van der Waals surface area contributed by atoms with Crippen LogP contribution in [0.3, 0.4) is 0 Å². The van der Waals surface area contributed by atoms with Crippen molar-refractivity contribution < 1.29 is 17.9 Å². The highest BCUT2D eigenvalue weighted by Gasteiger charge is 2.79. The lowest BCUT2D eigenvalue weighted by atomic mass is 9.34. The van der Waals surface area contributed by atoms with E-state index in [4.69, 9.17) is 14.7 Å². The average molecular weight is 500 g/mol. The van der Waals surface area contributed by atoms with Gasteiger partial charge in [0.15, 0.2) is 5.65 Å². The van der Waals surface area contributed by atoms with Gasteiger partial charge in [0.1, 0.15) is 11.3 Å². The van der Waals surface area contributed by atoms with Crippen LogP contribution in [0.15, 0.2) is 23.1 Å². The molecule has 7 rings (SSSR count). The second-order valence-corrected chi connectivity index (χ2v) is 11.1. The lowest BCUT2D eigenvalue weighted by Gasteiger charge is -2.70. The fourth-order valence-electron chi connectivity index (χ4n) is 6.40. The van der Waals surface area contributed by atoms with E-state index in [2.05, 4.69) is 9.97 Å². The number of pyridine rings is 1. The molecule has 0 aromatic carbocycles. The normalized spacial score (nSPS) is 31.7. The van der Waals surface area contributed by atoms with Crippen molar-refractivity contribution in [3.05, 3.63) is 57.2 Å². The minimum atomic E-state index is -4.20. The van der Waals surface area contributed by atoms with Crippen molar-refractivity contribution in [1.82, 2.24) is 24.5 Å². The summed E-state index contributed by atoms with van der Waals surface area (Å²) in [4.78, 5) is 30.9. The fourth-order valence-corrected chi connectivity index (χ4v) is 6.40. The van der Waals surface area contributed by atoms with Gasteiger partial charge < -0.3 is 9.30 Å². The first-order valence-electron chi connectivity index (χ1n) is 12.3. The highest BCUT2D eigenvalue weighted by atomic mass is 19.4. The molecule has 7 nitrogen and oxygen atoms in total. The molecule has 0 unspecified atom stereocenters. The highest BCUT2D eigenvalue weighted by molar-refractivity contribution is 5.75. The molecule has 3 aliphatic carbocycles. The van der Waals surface area contributed by atoms with Gasteiger partial charge in [-0.25, -0.2) is 19.9 Å². The lowest BCUT2D eigenvalue weighted by Crippen LogP contribution is -2.70. The van der Waals surface area contributed by atoms with Gasteiger partial charge in [-0.05, 0) is 64.5 Å². The Bertz CT molecular complexity index is 1430. The van der Waals surface area contributed by atoms with E-state index in [1.165, 1.54) is 10.6 Å². The van der Waals surface area contributed by atoms with Crippen LogP contribution in [0.1, 0.15) is 79.5 Å². The fraction of sp³-hybridized carbons (Fsp3) is 0.577. The summed E-state index contributed by atoms with van der Waals surface area (Å²) in [5, 5.41) is 0. The highest BCUT2D eigenvalue weighted by Crippen LogP contribution is 2.78. The van der Waals surface area contributed by atoms with Gasteiger partial charge >= 0.3 is 6.18 Å². The van der Waals surface area contributed by atoms with Crippen molar-refractivity contribution in [2.75, 3.05) is 0 Å². The molecular weight excluding hydrogens is 471 g/mol. The molecule has 3 saturated carbocycles. The maximum absolute atomic E-state index is 13.6. The topological polar surface area (TPSA) is 82.8 Å². The zero-order valence-electron chi connectivity index (χ0n) is 20.7. The predicted molar refractivity (Wildman–Crippen MR) is 126 cm³/mol. The van der Waals surface area contributed by atoms with Crippen molar-refractivity contribution in [1.29, 1.82) is 0 Å². The number of halogens is 3. The van der Waals surface area contributed by atoms with Crippen molar-refractivity contribution in [3.63, 3.8) is 0 Å². The summed E-state index contributed by atoms with van der Waals surface area (Å²) in [6.45, 7) is 5.69. The van der Waals surface area contributed by atoms with E-state index in [0.717, 1.165) is 17.0 Å². The van der Waals surface area contributed by atoms with Crippen LogP contribution in [0.2, 0.25) is 0 Å². The van der Waals surface area contributed by atoms with Crippen LogP contribution in [0.25, 0.3) is 11.2 Å². The first kappa shape index (κ1) is 23.5. The Kier molecular flexibility index (Phi) is 4.94. The number of rotatable bonds is 3. The molecule has 4 aliphatic rings. The summed E-state index contributed by atoms with van der Waals surface area (Å²) >= 11 is 0. The molecule has 0 spiro atoms. The van der Waals surface area contributed by atoms with Crippen molar-refractivity contribution in [2.45, 2.75) is 82.6 Å². The third-order valence-corrected chi connectivity index (χ3v) is 8.45. The Labute approximate surface area is 206 Å². The summed E-state index contributed by atoms with van der Waals surface area (Å²) in [6, 6.07) is 3.31. The first-order valence-corrected chi connectivity index (χ1v) is 12.3. The Morgan fingerprint density at radius 1 is 1.03 bits per heavy atom. The van der Waals surface area contributed by atoms with E-state index in [-0.39, 0.29) is 42.9 Å². The molecule has 190 valence electrons. The van der Waals surface area contributed by atoms with Crippen LogP contribution in [0.5, 0.6) is 0 Å². The van der Waals surface area contributed by atoms with Gasteiger partial charge in [0.2, 0.25) is 5.56 Å². The van der Waals surface area contributed by atoms with E-state index in [0.29, 0.717) is 35.5 Å². The molecule has 3 atom stereocenters. The summed E-state index contributed by atoms with van der Waals surface area (Å²) in [5.41, 5.74) is 1.65. The zero-order valence-corrected chi connectivity index (χ0v) is 20.7. The monoisotopic (exact) mass is 499 g/mol. The Balaban J connectivity index is 1.40. The summed E-state index contributed by atoms with van der Waals surface area (Å²) in [6.07, 6.45) is -1.30. The maximum atomic E-state index is 13.6. The average Bonchev–Trinajstić information content (AvgIpc) is 2.73. The van der Waals surface area contributed by atoms with Gasteiger partial charge in [-0.1, -0.05) is 0 Å². The zero-order chi connectivity index (χ0) is 25.6. The van der Waals surface area contributed by atoms with Gasteiger partial charge in [-0.3, -0.25) is 4.79 Å². The molecule has 0 radical (unpaired) electrons. The van der Waals surface area contributed by atoms with Crippen molar-refractivity contribution in [2.24, 2.45) is 12.5 Å². The molecule has 10 heteroatoms. The van der Waals surface area contributed by atoms with E-state index in [1.54, 1.807) is 19.3 Å². The molecule has 1 saturated heterocycles. The lowest BCUT2D eigenvalue weighted by molar-refractivity contribution is -0.337. The second kappa shape index (κ2) is 7.57. The van der Waals surface area contributed by atoms with Crippen LogP contribution < -0.4 is 5.56 Å². The SMILES string of the molecule is Cc1nc2nc([C@H]3C[C@@H](C)O[C@@H](c4ccc(=O)n(C)c4)C3)nc(C34CC(C(F)(F)F)(C3)C4)c2nc1C. The molecule has 2 bridgehead atoms. The number of hydrogen-bond acceptors (Lipinski definition) is 6. The van der Waals surface area contributed by atoms with Crippen LogP contribution in [0.4, 0.5) is 13.2 Å². The Morgan fingerprint density at radius 2 is 1.72 bits per heavy atom. The van der Waals surface area contributed by atoms with Gasteiger partial charge in [0.05, 0.1) is 34.7 Å². The summed E-state index contributed by atoms with van der Waals surface area (Å²) < 4.78 is 48.6. The van der Waals surface area contributed by atoms with Gasteiger partial charge in [-0.15, -0.1) is 0 Å². The van der Waals surface area contributed by atoms with E-state index in [9.17, 15) is 18.0 Å². The van der Waals surface area contributed by atoms with E-state index < -0.39 is 17.0 Å². The largest absolute Gasteiger partial charge is 0.394 e. The third kappa shape index (κ3) is 3.40. The summed E-state index contributed by atoms with van der Waals surface area (Å²) in [5.74, 6) is 0.525. The minimum absolute atomic E-state index is 0.0501. The molecule has 4 heterocycles. The van der Waals surface area contributed by atoms with Crippen molar-refractivity contribution in [3.8, 4) is 0 Å². The maximum Gasteiger partial charge on any atom is 0.394 e. The van der Waals surface area contributed by atoms with E-state index >= 15 is 0 Å². The van der Waals surface area contributed by atoms with Gasteiger partial charge in [-0.2, -0.15) is 13.2 Å². The molecular formula is C26H28F3N5O2. The molecule has 1 aliphatic heterocycles. The number of hydrogen-bond donors (Lipinski definition) is 0. The number of fused-ring (bicyclic) bond motifs is 1. The van der Waals surface area contributed by atoms with Crippen LogP contribution in [0, 0.1) is 19.3 Å². The van der Waals surface area contributed by atoms with E-state index in [1.807, 2.05) is 20.8 Å². The van der Waals surface area contributed by atoms with Gasteiger partial charge in [0, 0.05) is 30.6 Å². The number of aryl methyl sites for hydroxylation is 3. The minimum Gasteiger partial charge on any atom is -0.370 e. The van der Waals surface area contributed by atoms with Gasteiger partial charge in [0.25, 0.3) is 0 Å². The Hall–Kier alpha value is -2.88. The Morgan fingerprint density at radius 3 is 2.39 bits per heavy atom. The molecule has 3 aromatic heterocycles. The molecule has 3 aromatic rings. The molecule has 36 heavy (non-hydrogen) atoms. The molecule has 4 fully saturated rings. The summed E-state index contributed by atoms with van der Waals surface area (Å²) in [7, 11) is 1.70. The molecule has 0 N–H and O–H groups in total. The number of nitrogens with zero attached hydrogens (tertiary/aromatic N) is 5. The second-order valence-electron chi connectivity index (χ2n) is 11.1. The number of aromatic nitrogens is 5. The van der Waals surface area contributed by atoms with Crippen LogP contribution in [-0.2, 0) is 17.2 Å². The quantitative estimate of drug-likeness (QED) is 0.518. The van der Waals surface area contributed by atoms with Crippen molar-refractivity contribution >= 4 is 11.2 Å². The third-order valence-electron chi connectivity index (χ3n) is 8.45. The number of ether oxygens (including phenoxy) is 1. The smallest absolute Gasteiger partial charge is 0.370 e. The predicted octanol–water partition coefficient (Wildman–Crippen LogP) is 4.74. The van der Waals surface area contributed by atoms with Crippen LogP contribution in [-0.4, -0.2) is 36.8 Å². The standard InChI is InChI=1S/C26H28F3N5O2/c1-13-7-17(8-18(36-13)16-5-6-19(35)34(4)9-16)22-32-21(20-23(33-22)31-15(3)14(2)30-20)24-10-25(11-24,12-24)26(27,28)29/h5-6,9,13,17-18H,7-8,10-12H2,1-4H3/t13-,17+,18-,24?,25?/m1/s1. The van der Waals surface area contributed by atoms with Crippen LogP contribution >= 0.6 is 0 Å². The number of alkyl halides is 3. The first-order chi connectivity index (χ1) is 16.9.